The first-order valence-electron chi connectivity index (χ1n) is 6.50. The molecular weight excluding hydrogens is 334 g/mol. The second kappa shape index (κ2) is 5.95. The number of rotatable bonds is 3. The average molecular weight is 348 g/mol. The van der Waals surface area contributed by atoms with Gasteiger partial charge in [-0.3, -0.25) is 4.79 Å². The van der Waals surface area contributed by atoms with E-state index in [9.17, 15) is 4.79 Å². The maximum absolute atomic E-state index is 11.2. The molecule has 1 saturated heterocycles. The molecule has 21 heavy (non-hydrogen) atoms. The summed E-state index contributed by atoms with van der Waals surface area (Å²) in [6, 6.07) is 14.9. The van der Waals surface area contributed by atoms with Crippen molar-refractivity contribution in [2.24, 2.45) is 0 Å². The quantitative estimate of drug-likeness (QED) is 0.685. The van der Waals surface area contributed by atoms with Gasteiger partial charge in [-0.2, -0.15) is 5.53 Å². The van der Waals surface area contributed by atoms with Crippen LogP contribution in [0.4, 0.5) is 0 Å². The number of hydrazine groups is 2. The highest BCUT2D eigenvalue weighted by molar-refractivity contribution is 9.10. The lowest BCUT2D eigenvalue weighted by atomic mass is 9.97. The van der Waals surface area contributed by atoms with Crippen molar-refractivity contribution >= 4 is 21.9 Å². The predicted molar refractivity (Wildman–Crippen MR) is 83.1 cm³/mol. The lowest BCUT2D eigenvalue weighted by Crippen LogP contribution is -2.38. The Balaban J connectivity index is 1.86. The van der Waals surface area contributed by atoms with Crippen molar-refractivity contribution in [3.63, 3.8) is 0 Å². The van der Waals surface area contributed by atoms with Gasteiger partial charge in [0.25, 0.3) is 0 Å². The number of benzene rings is 2. The summed E-state index contributed by atoms with van der Waals surface area (Å²) in [7, 11) is 0. The monoisotopic (exact) mass is 347 g/mol. The molecule has 2 unspecified atom stereocenters. The summed E-state index contributed by atoms with van der Waals surface area (Å²) in [6.45, 7) is 0. The second-order valence-corrected chi connectivity index (χ2v) is 5.76. The summed E-state index contributed by atoms with van der Waals surface area (Å²) in [5.41, 5.74) is 11.4. The fraction of sp³-hybridized carbons (Fsp3) is 0.133. The molecule has 6 heteroatoms. The Morgan fingerprint density at radius 1 is 1.05 bits per heavy atom. The third-order valence-corrected chi connectivity index (χ3v) is 3.98. The second-order valence-electron chi connectivity index (χ2n) is 4.84. The van der Waals surface area contributed by atoms with E-state index in [0.717, 1.165) is 21.2 Å². The maximum Gasteiger partial charge on any atom is 0.324 e. The van der Waals surface area contributed by atoms with Crippen molar-refractivity contribution in [3.05, 3.63) is 58.6 Å². The van der Waals surface area contributed by atoms with Crippen molar-refractivity contribution in [1.29, 1.82) is 0 Å². The molecule has 0 amide bonds. The van der Waals surface area contributed by atoms with E-state index in [1.165, 1.54) is 0 Å². The Kier molecular flexibility index (Phi) is 4.03. The van der Waals surface area contributed by atoms with Gasteiger partial charge in [0.05, 0.1) is 6.04 Å². The summed E-state index contributed by atoms with van der Waals surface area (Å²) in [6.07, 6.45) is 0. The van der Waals surface area contributed by atoms with Crippen LogP contribution < -0.4 is 16.4 Å². The Labute approximate surface area is 130 Å². The summed E-state index contributed by atoms with van der Waals surface area (Å²) in [5, 5.41) is 9.16. The minimum Gasteiger partial charge on any atom is -0.480 e. The smallest absolute Gasteiger partial charge is 0.324 e. The number of hydrogen-bond donors (Lipinski definition) is 4. The van der Waals surface area contributed by atoms with Crippen LogP contribution in [0.1, 0.15) is 11.6 Å². The van der Waals surface area contributed by atoms with E-state index >= 15 is 0 Å². The number of carbonyl (C=O) groups is 1. The van der Waals surface area contributed by atoms with Crippen LogP contribution in [-0.2, 0) is 4.79 Å². The van der Waals surface area contributed by atoms with Gasteiger partial charge >= 0.3 is 5.97 Å². The van der Waals surface area contributed by atoms with Gasteiger partial charge in [-0.05, 0) is 28.8 Å². The number of halogens is 1. The molecule has 1 aliphatic heterocycles. The van der Waals surface area contributed by atoms with Gasteiger partial charge in [-0.15, -0.1) is 0 Å². The molecule has 0 aromatic heterocycles. The zero-order chi connectivity index (χ0) is 14.8. The lowest BCUT2D eigenvalue weighted by Gasteiger charge is -2.15. The van der Waals surface area contributed by atoms with Crippen molar-refractivity contribution in [3.8, 4) is 11.1 Å². The van der Waals surface area contributed by atoms with Crippen LogP contribution in [0.15, 0.2) is 53.0 Å². The zero-order valence-corrected chi connectivity index (χ0v) is 12.6. The number of carboxylic acid groups (broad SMARTS) is 1. The molecule has 4 N–H and O–H groups in total. The topological polar surface area (TPSA) is 73.4 Å². The first-order valence-corrected chi connectivity index (χ1v) is 7.29. The van der Waals surface area contributed by atoms with Crippen molar-refractivity contribution in [2.45, 2.75) is 12.1 Å². The average Bonchev–Trinajstić information content (AvgIpc) is 2.97. The minimum absolute atomic E-state index is 0.306. The van der Waals surface area contributed by atoms with Crippen LogP contribution in [0.25, 0.3) is 11.1 Å². The van der Waals surface area contributed by atoms with Crippen molar-refractivity contribution in [2.75, 3.05) is 0 Å². The Morgan fingerprint density at radius 3 is 2.48 bits per heavy atom. The molecule has 3 rings (SSSR count). The van der Waals surface area contributed by atoms with E-state index in [0.29, 0.717) is 0 Å². The summed E-state index contributed by atoms with van der Waals surface area (Å²) in [5.74, 6) is -0.895. The van der Waals surface area contributed by atoms with Gasteiger partial charge in [-0.1, -0.05) is 52.3 Å². The molecule has 0 saturated carbocycles. The molecule has 1 fully saturated rings. The van der Waals surface area contributed by atoms with E-state index in [4.69, 9.17) is 5.11 Å². The van der Waals surface area contributed by atoms with Crippen LogP contribution in [0.2, 0.25) is 0 Å². The SMILES string of the molecule is O=C(O)C1NNNC1c1ccc(-c2cccc(Br)c2)cc1. The van der Waals surface area contributed by atoms with Gasteiger partial charge in [0.1, 0.15) is 6.04 Å². The zero-order valence-electron chi connectivity index (χ0n) is 11.0. The van der Waals surface area contributed by atoms with Gasteiger partial charge in [0.15, 0.2) is 0 Å². The Hall–Kier alpha value is -1.73. The van der Waals surface area contributed by atoms with Gasteiger partial charge in [-0.25, -0.2) is 10.9 Å². The van der Waals surface area contributed by atoms with Gasteiger partial charge < -0.3 is 5.11 Å². The molecular formula is C15H14BrN3O2. The molecule has 0 aliphatic carbocycles. The molecule has 0 radical (unpaired) electrons. The summed E-state index contributed by atoms with van der Waals surface area (Å²) < 4.78 is 1.03. The summed E-state index contributed by atoms with van der Waals surface area (Å²) >= 11 is 3.46. The van der Waals surface area contributed by atoms with Crippen LogP contribution in [0, 0.1) is 0 Å². The van der Waals surface area contributed by atoms with Gasteiger partial charge in [0, 0.05) is 4.47 Å². The third kappa shape index (κ3) is 2.98. The molecule has 2 aromatic rings. The fourth-order valence-corrected chi connectivity index (χ4v) is 2.79. The molecule has 2 aromatic carbocycles. The first-order chi connectivity index (χ1) is 10.1. The molecule has 0 spiro atoms. The normalized spacial score (nSPS) is 21.4. The Bertz CT molecular complexity index is 660. The highest BCUT2D eigenvalue weighted by atomic mass is 79.9. The van der Waals surface area contributed by atoms with E-state index in [2.05, 4.69) is 32.3 Å². The first kappa shape index (κ1) is 14.2. The number of aliphatic carboxylic acids is 1. The van der Waals surface area contributed by atoms with Crippen molar-refractivity contribution in [1.82, 2.24) is 16.4 Å². The fourth-order valence-electron chi connectivity index (χ4n) is 2.39. The third-order valence-electron chi connectivity index (χ3n) is 3.48. The van der Waals surface area contributed by atoms with Crippen LogP contribution in [-0.4, -0.2) is 17.1 Å². The maximum atomic E-state index is 11.2. The van der Waals surface area contributed by atoms with E-state index in [1.54, 1.807) is 0 Å². The largest absolute Gasteiger partial charge is 0.480 e. The van der Waals surface area contributed by atoms with Crippen LogP contribution in [0.3, 0.4) is 0 Å². The predicted octanol–water partition coefficient (Wildman–Crippen LogP) is 2.22. The minimum atomic E-state index is -0.895. The molecule has 0 bridgehead atoms. The lowest BCUT2D eigenvalue weighted by molar-refractivity contribution is -0.139. The van der Waals surface area contributed by atoms with Gasteiger partial charge in [0.2, 0.25) is 0 Å². The highest BCUT2D eigenvalue weighted by Gasteiger charge is 2.33. The molecule has 2 atom stereocenters. The number of nitrogens with one attached hydrogen (secondary N) is 3. The van der Waals surface area contributed by atoms with E-state index < -0.39 is 12.0 Å². The molecule has 1 aliphatic rings. The Morgan fingerprint density at radius 2 is 1.81 bits per heavy atom. The molecule has 108 valence electrons. The number of carboxylic acids is 1. The summed E-state index contributed by atoms with van der Waals surface area (Å²) in [4.78, 5) is 11.2. The standard InChI is InChI=1S/C15H14BrN3O2/c16-12-3-1-2-11(8-12)9-4-6-10(7-5-9)13-14(15(20)21)18-19-17-13/h1-8,13-14,17-19H,(H,20,21). The van der Waals surface area contributed by atoms with E-state index in [1.807, 2.05) is 48.5 Å². The number of hydrogen-bond acceptors (Lipinski definition) is 4. The molecule has 1 heterocycles. The van der Waals surface area contributed by atoms with Crippen LogP contribution >= 0.6 is 15.9 Å². The van der Waals surface area contributed by atoms with E-state index in [-0.39, 0.29) is 6.04 Å². The molecule has 5 nitrogen and oxygen atoms in total. The van der Waals surface area contributed by atoms with Crippen LogP contribution in [0.5, 0.6) is 0 Å². The van der Waals surface area contributed by atoms with Crippen molar-refractivity contribution < 1.29 is 9.90 Å². The highest BCUT2D eigenvalue weighted by Crippen LogP contribution is 2.26.